The third-order valence-corrected chi connectivity index (χ3v) is 5.61. The molecule has 0 saturated heterocycles. The van der Waals surface area contributed by atoms with Crippen LogP contribution in [0.4, 0.5) is 4.39 Å². The Kier molecular flexibility index (Phi) is 6.55. The fourth-order valence-electron chi connectivity index (χ4n) is 3.12. The van der Waals surface area contributed by atoms with E-state index in [9.17, 15) is 9.18 Å². The molecule has 0 radical (unpaired) electrons. The van der Waals surface area contributed by atoms with Gasteiger partial charge in [0.05, 0.1) is 10.7 Å². The fraction of sp³-hybridized carbons (Fsp3) is 0.120. The van der Waals surface area contributed by atoms with Crippen LogP contribution in [0.5, 0.6) is 11.5 Å². The average Bonchev–Trinajstić information content (AvgIpc) is 3.14. The zero-order valence-corrected chi connectivity index (χ0v) is 19.6. The summed E-state index contributed by atoms with van der Waals surface area (Å²) in [6.07, 6.45) is 1.63. The molecule has 3 aromatic carbocycles. The van der Waals surface area contributed by atoms with E-state index < -0.39 is 5.97 Å². The number of methoxy groups -OCH3 is 1. The third kappa shape index (κ3) is 4.83. The van der Waals surface area contributed by atoms with Crippen molar-refractivity contribution < 1.29 is 23.4 Å². The van der Waals surface area contributed by atoms with Crippen LogP contribution in [0.1, 0.15) is 22.3 Å². The van der Waals surface area contributed by atoms with E-state index in [0.29, 0.717) is 22.6 Å². The van der Waals surface area contributed by atoms with Gasteiger partial charge in [0.25, 0.3) is 0 Å². The van der Waals surface area contributed by atoms with Crippen molar-refractivity contribution in [3.8, 4) is 11.5 Å². The highest BCUT2D eigenvalue weighted by Gasteiger charge is 2.24. The van der Waals surface area contributed by atoms with Gasteiger partial charge in [0.2, 0.25) is 5.90 Å². The highest BCUT2D eigenvalue weighted by molar-refractivity contribution is 14.1. The van der Waals surface area contributed by atoms with Crippen molar-refractivity contribution in [1.29, 1.82) is 0 Å². The lowest BCUT2D eigenvalue weighted by atomic mass is 10.1. The Morgan fingerprint density at radius 3 is 2.59 bits per heavy atom. The highest BCUT2D eigenvalue weighted by Crippen LogP contribution is 2.35. The van der Waals surface area contributed by atoms with E-state index in [1.807, 2.05) is 37.3 Å². The first-order chi connectivity index (χ1) is 15.4. The molecule has 0 atom stereocenters. The Balaban J connectivity index is 1.59. The number of carbonyl (C=O) groups excluding carboxylic acids is 1. The van der Waals surface area contributed by atoms with E-state index in [2.05, 4.69) is 27.6 Å². The molecule has 0 saturated carbocycles. The number of nitrogens with zero attached hydrogens (tertiary/aromatic N) is 1. The molecule has 0 unspecified atom stereocenters. The number of carbonyl (C=O) groups is 1. The van der Waals surface area contributed by atoms with Crippen molar-refractivity contribution >= 4 is 40.5 Å². The maximum atomic E-state index is 13.9. The highest BCUT2D eigenvalue weighted by atomic mass is 127. The van der Waals surface area contributed by atoms with Gasteiger partial charge in [-0.25, -0.2) is 14.2 Å². The molecule has 32 heavy (non-hydrogen) atoms. The molecule has 0 fully saturated rings. The number of rotatable bonds is 6. The van der Waals surface area contributed by atoms with Crippen LogP contribution < -0.4 is 9.47 Å². The summed E-state index contributed by atoms with van der Waals surface area (Å²) in [5.41, 5.74) is 3.18. The molecule has 0 aliphatic carbocycles. The second-order valence-electron chi connectivity index (χ2n) is 7.12. The lowest BCUT2D eigenvalue weighted by Gasteiger charge is -2.14. The van der Waals surface area contributed by atoms with E-state index in [-0.39, 0.29) is 24.0 Å². The van der Waals surface area contributed by atoms with Crippen molar-refractivity contribution in [1.82, 2.24) is 0 Å². The molecule has 0 bridgehead atoms. The van der Waals surface area contributed by atoms with Gasteiger partial charge in [-0.05, 0) is 71.5 Å². The SMILES string of the molecule is COc1cc(/C=C2\N=C(c3ccc(C)cc3)OC2=O)cc(I)c1OCc1ccccc1F. The van der Waals surface area contributed by atoms with Crippen LogP contribution in [-0.4, -0.2) is 19.0 Å². The quantitative estimate of drug-likeness (QED) is 0.229. The first-order valence-corrected chi connectivity index (χ1v) is 10.9. The number of benzene rings is 3. The Bertz CT molecular complexity index is 1240. The van der Waals surface area contributed by atoms with Crippen molar-refractivity contribution in [2.45, 2.75) is 13.5 Å². The van der Waals surface area contributed by atoms with Gasteiger partial charge in [-0.1, -0.05) is 35.9 Å². The minimum atomic E-state index is -0.519. The Morgan fingerprint density at radius 1 is 1.12 bits per heavy atom. The molecule has 5 nitrogen and oxygen atoms in total. The molecular weight excluding hydrogens is 524 g/mol. The van der Waals surface area contributed by atoms with Crippen LogP contribution in [0.3, 0.4) is 0 Å². The second-order valence-corrected chi connectivity index (χ2v) is 8.28. The maximum Gasteiger partial charge on any atom is 0.363 e. The summed E-state index contributed by atoms with van der Waals surface area (Å²) in [5, 5.41) is 0. The summed E-state index contributed by atoms with van der Waals surface area (Å²) >= 11 is 2.11. The molecule has 3 aromatic rings. The number of esters is 1. The van der Waals surface area contributed by atoms with Crippen molar-refractivity contribution in [2.75, 3.05) is 7.11 Å². The topological polar surface area (TPSA) is 57.1 Å². The summed E-state index contributed by atoms with van der Waals surface area (Å²) in [4.78, 5) is 16.7. The van der Waals surface area contributed by atoms with E-state index in [1.165, 1.54) is 13.2 Å². The second kappa shape index (κ2) is 9.52. The smallest absolute Gasteiger partial charge is 0.363 e. The van der Waals surface area contributed by atoms with Crippen molar-refractivity contribution in [2.24, 2.45) is 4.99 Å². The van der Waals surface area contributed by atoms with E-state index in [4.69, 9.17) is 14.2 Å². The molecular formula is C25H19FINO4. The van der Waals surface area contributed by atoms with Gasteiger partial charge in [0, 0.05) is 11.1 Å². The zero-order chi connectivity index (χ0) is 22.7. The standard InChI is InChI=1S/C25H19FINO4/c1-15-7-9-17(10-8-15)24-28-21(25(29)32-24)12-16-11-20(27)23(22(13-16)30-2)31-14-18-5-3-4-6-19(18)26/h3-13H,14H2,1-2H3/b21-12-. The number of cyclic esters (lactones) is 1. The molecule has 7 heteroatoms. The van der Waals surface area contributed by atoms with Gasteiger partial charge >= 0.3 is 5.97 Å². The van der Waals surface area contributed by atoms with Crippen LogP contribution in [0, 0.1) is 16.3 Å². The van der Waals surface area contributed by atoms with E-state index in [0.717, 1.165) is 14.7 Å². The summed E-state index contributed by atoms with van der Waals surface area (Å²) in [7, 11) is 1.52. The monoisotopic (exact) mass is 543 g/mol. The summed E-state index contributed by atoms with van der Waals surface area (Å²) in [6.45, 7) is 2.05. The van der Waals surface area contributed by atoms with Gasteiger partial charge in [0.15, 0.2) is 17.2 Å². The van der Waals surface area contributed by atoms with E-state index >= 15 is 0 Å². The molecule has 0 spiro atoms. The molecule has 0 aromatic heterocycles. The van der Waals surface area contributed by atoms with Crippen LogP contribution in [-0.2, 0) is 16.1 Å². The molecule has 1 aliphatic rings. The number of hydrogen-bond donors (Lipinski definition) is 0. The Hall–Kier alpha value is -3.20. The molecule has 4 rings (SSSR count). The van der Waals surface area contributed by atoms with Gasteiger partial charge in [0.1, 0.15) is 12.4 Å². The number of aryl methyl sites for hydroxylation is 1. The third-order valence-electron chi connectivity index (χ3n) is 4.80. The molecule has 0 amide bonds. The maximum absolute atomic E-state index is 13.9. The predicted octanol–water partition coefficient (Wildman–Crippen LogP) is 5.67. The molecule has 0 N–H and O–H groups in total. The summed E-state index contributed by atoms with van der Waals surface area (Å²) in [5.74, 6) is 0.387. The average molecular weight is 543 g/mol. The van der Waals surface area contributed by atoms with Gasteiger partial charge in [-0.3, -0.25) is 0 Å². The molecule has 1 heterocycles. The number of hydrogen-bond acceptors (Lipinski definition) is 5. The number of aliphatic imine (C=N–C) groups is 1. The lowest BCUT2D eigenvalue weighted by molar-refractivity contribution is -0.129. The minimum absolute atomic E-state index is 0.0655. The summed E-state index contributed by atoms with van der Waals surface area (Å²) < 4.78 is 31.3. The Labute approximate surface area is 198 Å². The van der Waals surface area contributed by atoms with Crippen LogP contribution in [0.15, 0.2) is 71.4 Å². The number of halogens is 2. The summed E-state index contributed by atoms with van der Waals surface area (Å²) in [6, 6.07) is 17.6. The minimum Gasteiger partial charge on any atom is -0.493 e. The molecule has 162 valence electrons. The van der Waals surface area contributed by atoms with Crippen molar-refractivity contribution in [3.05, 3.63) is 98.0 Å². The van der Waals surface area contributed by atoms with Crippen LogP contribution >= 0.6 is 22.6 Å². The largest absolute Gasteiger partial charge is 0.493 e. The van der Waals surface area contributed by atoms with Crippen molar-refractivity contribution in [3.63, 3.8) is 0 Å². The first kappa shape index (κ1) is 22.0. The van der Waals surface area contributed by atoms with Gasteiger partial charge in [-0.2, -0.15) is 0 Å². The molecule has 1 aliphatic heterocycles. The Morgan fingerprint density at radius 2 is 1.88 bits per heavy atom. The van der Waals surface area contributed by atoms with Gasteiger partial charge in [-0.15, -0.1) is 0 Å². The first-order valence-electron chi connectivity index (χ1n) is 9.78. The van der Waals surface area contributed by atoms with Crippen LogP contribution in [0.25, 0.3) is 6.08 Å². The van der Waals surface area contributed by atoms with Gasteiger partial charge < -0.3 is 14.2 Å². The van der Waals surface area contributed by atoms with E-state index in [1.54, 1.807) is 30.3 Å². The number of ether oxygens (including phenoxy) is 3. The predicted molar refractivity (Wildman–Crippen MR) is 128 cm³/mol. The zero-order valence-electron chi connectivity index (χ0n) is 17.4. The lowest BCUT2D eigenvalue weighted by Crippen LogP contribution is -2.05. The van der Waals surface area contributed by atoms with Crippen LogP contribution in [0.2, 0.25) is 0 Å². The normalized spacial score (nSPS) is 14.3. The fourth-order valence-corrected chi connectivity index (χ4v) is 3.90.